The highest BCUT2D eigenvalue weighted by molar-refractivity contribution is 5.74. The Labute approximate surface area is 417 Å². The van der Waals surface area contributed by atoms with Crippen LogP contribution in [0.3, 0.4) is 0 Å². The van der Waals surface area contributed by atoms with Crippen molar-refractivity contribution in [1.29, 1.82) is 0 Å². The highest BCUT2D eigenvalue weighted by atomic mass is 16.7. The van der Waals surface area contributed by atoms with Crippen molar-refractivity contribution in [2.24, 2.45) is 0 Å². The molecule has 0 aliphatic carbocycles. The summed E-state index contributed by atoms with van der Waals surface area (Å²) in [7, 11) is 0. The number of esters is 3. The number of carbonyl (C=O) groups is 4. The Morgan fingerprint density at radius 1 is 0.493 bits per heavy atom. The molecule has 3 N–H and O–H groups in total. The summed E-state index contributed by atoms with van der Waals surface area (Å²) in [5.74, 6) is -3.19. The summed E-state index contributed by atoms with van der Waals surface area (Å²) >= 11 is 0. The van der Waals surface area contributed by atoms with Crippen molar-refractivity contribution in [3.05, 3.63) is 60.8 Å². The van der Waals surface area contributed by atoms with E-state index in [2.05, 4.69) is 69.4 Å². The molecule has 0 aromatic carbocycles. The molecule has 1 heterocycles. The van der Waals surface area contributed by atoms with Crippen molar-refractivity contribution in [3.8, 4) is 0 Å². The minimum absolute atomic E-state index is 0.0169. The first-order valence-electron chi connectivity index (χ1n) is 27.3. The second-order valence-corrected chi connectivity index (χ2v) is 18.5. The average Bonchev–Trinajstić information content (AvgIpc) is 3.33. The van der Waals surface area contributed by atoms with Gasteiger partial charge >= 0.3 is 23.9 Å². The first kappa shape index (κ1) is 63.4. The molecule has 1 aliphatic rings. The number of aliphatic carboxylic acids is 1. The summed E-state index contributed by atoms with van der Waals surface area (Å²) < 4.78 is 28.2. The van der Waals surface area contributed by atoms with E-state index < -0.39 is 67.3 Å². The van der Waals surface area contributed by atoms with Crippen molar-refractivity contribution >= 4 is 23.9 Å². The van der Waals surface area contributed by atoms with Crippen molar-refractivity contribution in [3.63, 3.8) is 0 Å². The predicted octanol–water partition coefficient (Wildman–Crippen LogP) is 13.2. The molecule has 0 radical (unpaired) electrons. The highest BCUT2D eigenvalue weighted by Crippen LogP contribution is 2.26. The van der Waals surface area contributed by atoms with Crippen LogP contribution >= 0.6 is 0 Å². The second kappa shape index (κ2) is 45.6. The van der Waals surface area contributed by atoms with Gasteiger partial charge in [-0.25, -0.2) is 4.79 Å². The molecule has 12 nitrogen and oxygen atoms in total. The van der Waals surface area contributed by atoms with Gasteiger partial charge < -0.3 is 39.0 Å². The van der Waals surface area contributed by atoms with Crippen LogP contribution in [-0.4, -0.2) is 89.2 Å². The average molecular weight is 973 g/mol. The van der Waals surface area contributed by atoms with Crippen LogP contribution in [0.25, 0.3) is 0 Å². The second-order valence-electron chi connectivity index (χ2n) is 18.5. The van der Waals surface area contributed by atoms with Gasteiger partial charge in [0.15, 0.2) is 24.6 Å². The van der Waals surface area contributed by atoms with E-state index in [0.29, 0.717) is 25.7 Å². The first-order chi connectivity index (χ1) is 33.6. The molecule has 1 rings (SSSR count). The largest absolute Gasteiger partial charge is 0.479 e. The number of unbranched alkanes of at least 4 members (excludes halogenated alkanes) is 21. The summed E-state index contributed by atoms with van der Waals surface area (Å²) in [6.45, 7) is 5.81. The lowest BCUT2D eigenvalue weighted by atomic mass is 9.98. The van der Waals surface area contributed by atoms with E-state index in [1.165, 1.54) is 89.9 Å². The van der Waals surface area contributed by atoms with Crippen LogP contribution in [0.5, 0.6) is 0 Å². The third kappa shape index (κ3) is 36.1. The molecule has 1 aliphatic heterocycles. The lowest BCUT2D eigenvalue weighted by molar-refractivity contribution is -0.301. The van der Waals surface area contributed by atoms with Crippen LogP contribution in [0.4, 0.5) is 0 Å². The molecule has 0 saturated carbocycles. The molecule has 12 heteroatoms. The zero-order chi connectivity index (χ0) is 50.4. The van der Waals surface area contributed by atoms with E-state index in [4.69, 9.17) is 23.7 Å². The molecular weight excluding hydrogens is 877 g/mol. The SMILES string of the molecule is CC/C=C\C/C=C\C/C=C\C/C=C\C/C=C\CCCC(=O)OC1C(OCC(COC(=O)CCCCCCCCCCCCCCC)OC(=O)CCCCCCCCCCC)OC(C(=O)O)C(O)C1O. The van der Waals surface area contributed by atoms with Crippen LogP contribution < -0.4 is 0 Å². The van der Waals surface area contributed by atoms with Gasteiger partial charge in [0.25, 0.3) is 0 Å². The van der Waals surface area contributed by atoms with Crippen LogP contribution in [0, 0.1) is 0 Å². The van der Waals surface area contributed by atoms with Crippen LogP contribution in [0.15, 0.2) is 60.8 Å². The quantitative estimate of drug-likeness (QED) is 0.0228. The summed E-state index contributed by atoms with van der Waals surface area (Å²) in [6, 6.07) is 0. The number of aliphatic hydroxyl groups excluding tert-OH is 2. The van der Waals surface area contributed by atoms with Gasteiger partial charge in [-0.2, -0.15) is 0 Å². The van der Waals surface area contributed by atoms with Crippen LogP contribution in [-0.2, 0) is 42.9 Å². The van der Waals surface area contributed by atoms with E-state index in [0.717, 1.165) is 70.6 Å². The molecule has 0 spiro atoms. The minimum Gasteiger partial charge on any atom is -0.479 e. The summed E-state index contributed by atoms with van der Waals surface area (Å²) in [4.78, 5) is 50.8. The fourth-order valence-corrected chi connectivity index (χ4v) is 7.93. The van der Waals surface area contributed by atoms with Crippen LogP contribution in [0.2, 0.25) is 0 Å². The molecule has 396 valence electrons. The standard InChI is InChI=1S/C57H96O12/c1-4-7-10-13-16-19-21-23-24-25-26-28-30-33-36-39-42-45-51(60)68-55-53(62)52(61)54(56(63)64)69-57(55)66-47-48(67-50(59)44-41-38-35-31-18-15-12-9-6-3)46-65-49(58)43-40-37-34-32-29-27-22-20-17-14-11-8-5-2/h7,10,16,19,23-24,26,28,33,36,48,52-55,57,61-62H,4-6,8-9,11-15,17-18,20-22,25,27,29-32,34-35,37-47H2,1-3H3,(H,63,64)/b10-7-,19-16-,24-23-,28-26-,36-33-. The Kier molecular flexibility index (Phi) is 41.9. The Bertz CT molecular complexity index is 1440. The number of ether oxygens (including phenoxy) is 5. The summed E-state index contributed by atoms with van der Waals surface area (Å²) in [6.07, 6.45) is 42.2. The van der Waals surface area contributed by atoms with E-state index in [-0.39, 0.29) is 25.9 Å². The lowest BCUT2D eigenvalue weighted by Gasteiger charge is -2.40. The van der Waals surface area contributed by atoms with Crippen molar-refractivity contribution < 1.29 is 58.2 Å². The fourth-order valence-electron chi connectivity index (χ4n) is 7.93. The number of carboxylic acids is 1. The first-order valence-corrected chi connectivity index (χ1v) is 27.3. The number of hydrogen-bond donors (Lipinski definition) is 3. The molecule has 1 saturated heterocycles. The van der Waals surface area contributed by atoms with Gasteiger partial charge in [-0.3, -0.25) is 14.4 Å². The van der Waals surface area contributed by atoms with E-state index in [1.807, 2.05) is 12.2 Å². The molecule has 6 atom stereocenters. The predicted molar refractivity (Wildman–Crippen MR) is 275 cm³/mol. The lowest BCUT2D eigenvalue weighted by Crippen LogP contribution is -2.61. The molecule has 0 aromatic rings. The maximum Gasteiger partial charge on any atom is 0.335 e. The van der Waals surface area contributed by atoms with E-state index >= 15 is 0 Å². The third-order valence-electron chi connectivity index (χ3n) is 12.1. The topological polar surface area (TPSA) is 175 Å². The van der Waals surface area contributed by atoms with Gasteiger partial charge in [0, 0.05) is 19.3 Å². The molecule has 69 heavy (non-hydrogen) atoms. The van der Waals surface area contributed by atoms with Crippen LogP contribution in [0.1, 0.15) is 226 Å². The number of aliphatic hydroxyl groups is 2. The zero-order valence-corrected chi connectivity index (χ0v) is 43.3. The smallest absolute Gasteiger partial charge is 0.335 e. The van der Waals surface area contributed by atoms with Crippen molar-refractivity contribution in [1.82, 2.24) is 0 Å². The fraction of sp³-hybridized carbons (Fsp3) is 0.754. The number of rotatable bonds is 45. The zero-order valence-electron chi connectivity index (χ0n) is 43.3. The maximum atomic E-state index is 13.0. The molecule has 0 amide bonds. The van der Waals surface area contributed by atoms with Gasteiger partial charge in [-0.1, -0.05) is 210 Å². The molecule has 6 unspecified atom stereocenters. The Balaban J connectivity index is 2.72. The number of carboxylic acid groups (broad SMARTS) is 1. The molecule has 1 fully saturated rings. The Morgan fingerprint density at radius 2 is 0.913 bits per heavy atom. The van der Waals surface area contributed by atoms with E-state index in [1.54, 1.807) is 0 Å². The maximum absolute atomic E-state index is 13.0. The summed E-state index contributed by atoms with van der Waals surface area (Å²) in [5.41, 5.74) is 0. The van der Waals surface area contributed by atoms with E-state index in [9.17, 15) is 34.5 Å². The third-order valence-corrected chi connectivity index (χ3v) is 12.1. The molecule has 0 aromatic heterocycles. The normalized spacial score (nSPS) is 19.1. The van der Waals surface area contributed by atoms with Crippen molar-refractivity contribution in [2.45, 2.75) is 263 Å². The van der Waals surface area contributed by atoms with Gasteiger partial charge in [0.2, 0.25) is 0 Å². The number of allylic oxidation sites excluding steroid dienone is 10. The summed E-state index contributed by atoms with van der Waals surface area (Å²) in [5, 5.41) is 31.3. The monoisotopic (exact) mass is 973 g/mol. The number of hydrogen-bond acceptors (Lipinski definition) is 11. The van der Waals surface area contributed by atoms with Gasteiger partial charge in [0.05, 0.1) is 6.61 Å². The van der Waals surface area contributed by atoms with Gasteiger partial charge in [0.1, 0.15) is 18.8 Å². The highest BCUT2D eigenvalue weighted by Gasteiger charge is 2.50. The van der Waals surface area contributed by atoms with Gasteiger partial charge in [-0.15, -0.1) is 0 Å². The Hall–Kier alpha value is -3.58. The number of carbonyl (C=O) groups excluding carboxylic acids is 3. The molecule has 0 bridgehead atoms. The minimum atomic E-state index is -1.92. The Morgan fingerprint density at radius 3 is 1.38 bits per heavy atom. The molecular formula is C57H96O12. The van der Waals surface area contributed by atoms with Gasteiger partial charge in [-0.05, 0) is 57.8 Å². The van der Waals surface area contributed by atoms with Crippen molar-refractivity contribution in [2.75, 3.05) is 13.2 Å².